The van der Waals surface area contributed by atoms with E-state index in [1.165, 1.54) is 13.0 Å². The molecule has 14 heavy (non-hydrogen) atoms. The lowest BCUT2D eigenvalue weighted by Crippen LogP contribution is -2.09. The van der Waals surface area contributed by atoms with Crippen molar-refractivity contribution in [2.75, 3.05) is 0 Å². The van der Waals surface area contributed by atoms with Crippen LogP contribution in [-0.2, 0) is 0 Å². The molecule has 1 atom stereocenters. The fraction of sp³-hybridized carbons (Fsp3) is 0.200. The van der Waals surface area contributed by atoms with Gasteiger partial charge in [0.25, 0.3) is 0 Å². The summed E-state index contributed by atoms with van der Waals surface area (Å²) in [6, 6.07) is 5.29. The van der Waals surface area contributed by atoms with E-state index in [1.54, 1.807) is 6.07 Å². The molecule has 0 radical (unpaired) electrons. The van der Waals surface area contributed by atoms with Gasteiger partial charge in [-0.05, 0) is 25.1 Å². The lowest BCUT2D eigenvalue weighted by molar-refractivity contribution is 0.0956. The maximum atomic E-state index is 12.6. The first-order chi connectivity index (χ1) is 6.56. The molecule has 0 saturated carbocycles. The Bertz CT molecular complexity index is 411. The van der Waals surface area contributed by atoms with Gasteiger partial charge in [0.1, 0.15) is 11.7 Å². The van der Waals surface area contributed by atoms with E-state index in [1.807, 2.05) is 0 Å². The van der Waals surface area contributed by atoms with Crippen LogP contribution in [0.1, 0.15) is 17.3 Å². The van der Waals surface area contributed by atoms with E-state index < -0.39 is 17.5 Å². The zero-order chi connectivity index (χ0) is 10.7. The van der Waals surface area contributed by atoms with Crippen LogP contribution in [0, 0.1) is 23.1 Å². The number of benzene rings is 1. The standard InChI is InChI=1S/C10H7ClFNO/c1-6(5-13)10(14)8-3-2-7(12)4-9(8)11/h2-4,6H,1H3. The van der Waals surface area contributed by atoms with E-state index >= 15 is 0 Å². The van der Waals surface area contributed by atoms with Gasteiger partial charge >= 0.3 is 0 Å². The molecule has 0 aromatic heterocycles. The smallest absolute Gasteiger partial charge is 0.181 e. The van der Waals surface area contributed by atoms with Gasteiger partial charge in [-0.2, -0.15) is 5.26 Å². The van der Waals surface area contributed by atoms with E-state index in [9.17, 15) is 9.18 Å². The van der Waals surface area contributed by atoms with Crippen LogP contribution in [0.3, 0.4) is 0 Å². The molecule has 72 valence electrons. The highest BCUT2D eigenvalue weighted by Gasteiger charge is 2.17. The molecular weight excluding hydrogens is 205 g/mol. The summed E-state index contributed by atoms with van der Waals surface area (Å²) in [6.07, 6.45) is 0. The number of hydrogen-bond acceptors (Lipinski definition) is 2. The van der Waals surface area contributed by atoms with Crippen molar-refractivity contribution in [1.82, 2.24) is 0 Å². The van der Waals surface area contributed by atoms with Gasteiger partial charge < -0.3 is 0 Å². The zero-order valence-corrected chi connectivity index (χ0v) is 8.18. The second kappa shape index (κ2) is 4.21. The van der Waals surface area contributed by atoms with Gasteiger partial charge in [0, 0.05) is 5.56 Å². The second-order valence-electron chi connectivity index (χ2n) is 2.84. The third-order valence-corrected chi connectivity index (χ3v) is 2.10. The van der Waals surface area contributed by atoms with Gasteiger partial charge in [-0.15, -0.1) is 0 Å². The fourth-order valence-electron chi connectivity index (χ4n) is 0.981. The van der Waals surface area contributed by atoms with Crippen LogP contribution in [0.5, 0.6) is 0 Å². The fourth-order valence-corrected chi connectivity index (χ4v) is 1.24. The monoisotopic (exact) mass is 211 g/mol. The van der Waals surface area contributed by atoms with Crippen LogP contribution in [0.2, 0.25) is 5.02 Å². The Labute approximate surface area is 85.9 Å². The molecule has 0 aliphatic carbocycles. The molecule has 1 aromatic rings. The molecule has 1 unspecified atom stereocenters. The van der Waals surface area contributed by atoms with E-state index in [2.05, 4.69) is 0 Å². The Morgan fingerprint density at radius 2 is 2.29 bits per heavy atom. The maximum Gasteiger partial charge on any atom is 0.181 e. The van der Waals surface area contributed by atoms with Crippen molar-refractivity contribution in [2.45, 2.75) is 6.92 Å². The topological polar surface area (TPSA) is 40.9 Å². The summed E-state index contributed by atoms with van der Waals surface area (Å²) >= 11 is 5.66. The number of halogens is 2. The number of nitriles is 1. The Hall–Kier alpha value is -1.40. The molecule has 2 nitrogen and oxygen atoms in total. The third kappa shape index (κ3) is 2.09. The molecule has 0 aliphatic rings. The van der Waals surface area contributed by atoms with Crippen LogP contribution in [0.4, 0.5) is 4.39 Å². The third-order valence-electron chi connectivity index (χ3n) is 1.78. The molecule has 0 bridgehead atoms. The van der Waals surface area contributed by atoms with Gasteiger partial charge in [0.15, 0.2) is 5.78 Å². The van der Waals surface area contributed by atoms with Gasteiger partial charge in [-0.25, -0.2) is 4.39 Å². The normalized spacial score (nSPS) is 11.9. The first-order valence-electron chi connectivity index (χ1n) is 3.95. The summed E-state index contributed by atoms with van der Waals surface area (Å²) in [4.78, 5) is 11.5. The first kappa shape index (κ1) is 10.7. The molecule has 0 N–H and O–H groups in total. The lowest BCUT2D eigenvalue weighted by atomic mass is 10.0. The number of ketones is 1. The van der Waals surface area contributed by atoms with Crippen LogP contribution >= 0.6 is 11.6 Å². The van der Waals surface area contributed by atoms with Crippen LogP contribution in [0.25, 0.3) is 0 Å². The van der Waals surface area contributed by atoms with Crippen molar-refractivity contribution >= 4 is 17.4 Å². The predicted octanol–water partition coefficient (Wildman–Crippen LogP) is 2.82. The minimum atomic E-state index is -0.766. The van der Waals surface area contributed by atoms with E-state index in [-0.39, 0.29) is 10.6 Å². The van der Waals surface area contributed by atoms with Gasteiger partial charge in [0.05, 0.1) is 11.1 Å². The van der Waals surface area contributed by atoms with E-state index in [0.29, 0.717) is 0 Å². The average molecular weight is 212 g/mol. The van der Waals surface area contributed by atoms with Gasteiger partial charge in [-0.3, -0.25) is 4.79 Å². The van der Waals surface area contributed by atoms with Crippen molar-refractivity contribution < 1.29 is 9.18 Å². The van der Waals surface area contributed by atoms with Gasteiger partial charge in [0.2, 0.25) is 0 Å². The molecule has 0 spiro atoms. The van der Waals surface area contributed by atoms with Crippen molar-refractivity contribution in [3.63, 3.8) is 0 Å². The molecule has 0 saturated heterocycles. The number of carbonyl (C=O) groups excluding carboxylic acids is 1. The van der Waals surface area contributed by atoms with Gasteiger partial charge in [-0.1, -0.05) is 11.6 Å². The number of hydrogen-bond donors (Lipinski definition) is 0. The highest BCUT2D eigenvalue weighted by atomic mass is 35.5. The molecular formula is C10H7ClFNO. The molecule has 1 aromatic carbocycles. The summed E-state index contributed by atoms with van der Waals surface area (Å²) in [5.74, 6) is -1.66. The molecule has 4 heteroatoms. The van der Waals surface area contributed by atoms with Crippen LogP contribution < -0.4 is 0 Å². The molecule has 1 rings (SSSR count). The Balaban J connectivity index is 3.09. The van der Waals surface area contributed by atoms with E-state index in [4.69, 9.17) is 16.9 Å². The molecule has 0 amide bonds. The second-order valence-corrected chi connectivity index (χ2v) is 3.25. The summed E-state index contributed by atoms with van der Waals surface area (Å²) in [7, 11) is 0. The minimum absolute atomic E-state index is 0.0390. The van der Waals surface area contributed by atoms with Crippen molar-refractivity contribution in [1.29, 1.82) is 5.26 Å². The van der Waals surface area contributed by atoms with Crippen LogP contribution in [0.15, 0.2) is 18.2 Å². The van der Waals surface area contributed by atoms with Crippen molar-refractivity contribution in [3.8, 4) is 6.07 Å². The zero-order valence-electron chi connectivity index (χ0n) is 7.42. The summed E-state index contributed by atoms with van der Waals surface area (Å²) < 4.78 is 12.6. The van der Waals surface area contributed by atoms with E-state index in [0.717, 1.165) is 12.1 Å². The van der Waals surface area contributed by atoms with Crippen LogP contribution in [-0.4, -0.2) is 5.78 Å². The average Bonchev–Trinajstić information content (AvgIpc) is 2.15. The SMILES string of the molecule is CC(C#N)C(=O)c1ccc(F)cc1Cl. The molecule has 0 aliphatic heterocycles. The number of nitrogens with zero attached hydrogens (tertiary/aromatic N) is 1. The van der Waals surface area contributed by atoms with Crippen molar-refractivity contribution in [2.24, 2.45) is 5.92 Å². The molecule has 0 fully saturated rings. The maximum absolute atomic E-state index is 12.6. The summed E-state index contributed by atoms with van der Waals surface area (Å²) in [5.41, 5.74) is 0.183. The number of carbonyl (C=O) groups is 1. The Kier molecular flexibility index (Phi) is 3.21. The predicted molar refractivity (Wildman–Crippen MR) is 50.5 cm³/mol. The number of rotatable bonds is 2. The highest BCUT2D eigenvalue weighted by Crippen LogP contribution is 2.20. The molecule has 0 heterocycles. The minimum Gasteiger partial charge on any atom is -0.293 e. The van der Waals surface area contributed by atoms with Crippen molar-refractivity contribution in [3.05, 3.63) is 34.6 Å². The first-order valence-corrected chi connectivity index (χ1v) is 4.33. The quantitative estimate of drug-likeness (QED) is 0.706. The Morgan fingerprint density at radius 1 is 1.64 bits per heavy atom. The highest BCUT2D eigenvalue weighted by molar-refractivity contribution is 6.34. The lowest BCUT2D eigenvalue weighted by Gasteiger charge is -2.04. The Morgan fingerprint density at radius 3 is 2.79 bits per heavy atom. The largest absolute Gasteiger partial charge is 0.293 e. The summed E-state index contributed by atoms with van der Waals surface area (Å²) in [5, 5.41) is 8.56. The number of Topliss-reactive ketones (excluding diaryl/α,β-unsaturated/α-hetero) is 1. The summed E-state index contributed by atoms with van der Waals surface area (Å²) in [6.45, 7) is 1.47.